The molecule has 2 aliphatic carbocycles. The van der Waals surface area contributed by atoms with Gasteiger partial charge in [-0.2, -0.15) is 0 Å². The Morgan fingerprint density at radius 2 is 2.03 bits per heavy atom. The van der Waals surface area contributed by atoms with Crippen LogP contribution in [0.5, 0.6) is 0 Å². The Morgan fingerprint density at radius 1 is 1.25 bits per heavy atom. The topological polar surface area (TPSA) is 85.4 Å². The number of imidazole rings is 1. The first kappa shape index (κ1) is 21.6. The van der Waals surface area contributed by atoms with Crippen LogP contribution in [-0.4, -0.2) is 57.2 Å². The van der Waals surface area contributed by atoms with Gasteiger partial charge in [0.05, 0.1) is 24.4 Å². The number of rotatable bonds is 8. The van der Waals surface area contributed by atoms with Crippen LogP contribution in [0.25, 0.3) is 0 Å². The average molecular weight is 442 g/mol. The van der Waals surface area contributed by atoms with E-state index in [1.807, 2.05) is 13.1 Å². The van der Waals surface area contributed by atoms with Crippen LogP contribution in [0.2, 0.25) is 0 Å². The Morgan fingerprint density at radius 3 is 2.72 bits per heavy atom. The van der Waals surface area contributed by atoms with Gasteiger partial charge in [0.15, 0.2) is 5.89 Å². The maximum absolute atomic E-state index is 13.0. The molecule has 1 saturated heterocycles. The van der Waals surface area contributed by atoms with Gasteiger partial charge in [0, 0.05) is 45.6 Å². The third-order valence-corrected chi connectivity index (χ3v) is 7.37. The number of fused-ring (bicyclic) bond motifs is 1. The van der Waals surface area contributed by atoms with Crippen LogP contribution in [0, 0.1) is 31.6 Å². The molecule has 3 aliphatic rings. The lowest BCUT2D eigenvalue weighted by molar-refractivity contribution is -0.0214. The van der Waals surface area contributed by atoms with E-state index in [-0.39, 0.29) is 18.1 Å². The van der Waals surface area contributed by atoms with Gasteiger partial charge in [0.2, 0.25) is 5.76 Å². The molecule has 174 valence electrons. The van der Waals surface area contributed by atoms with Crippen molar-refractivity contribution in [3.05, 3.63) is 35.6 Å². The fraction of sp³-hybridized carbons (Fsp3) is 0.708. The van der Waals surface area contributed by atoms with Gasteiger partial charge in [-0.15, -0.1) is 0 Å². The molecule has 0 spiro atoms. The van der Waals surface area contributed by atoms with Crippen LogP contribution >= 0.6 is 0 Å². The molecule has 1 amide bonds. The Kier molecular flexibility index (Phi) is 6.07. The van der Waals surface area contributed by atoms with Crippen LogP contribution in [0.15, 0.2) is 16.8 Å². The molecular formula is C24H35N5O3. The first-order valence-corrected chi connectivity index (χ1v) is 12.1. The molecule has 32 heavy (non-hydrogen) atoms. The van der Waals surface area contributed by atoms with Crippen molar-refractivity contribution in [3.63, 3.8) is 0 Å². The lowest BCUT2D eigenvalue weighted by Gasteiger charge is -2.38. The highest BCUT2D eigenvalue weighted by Gasteiger charge is 2.44. The Balaban J connectivity index is 1.26. The Bertz CT molecular complexity index is 949. The number of nitrogens with one attached hydrogen (secondary N) is 1. The van der Waals surface area contributed by atoms with Gasteiger partial charge < -0.3 is 19.0 Å². The largest absolute Gasteiger partial charge is 0.436 e. The lowest BCUT2D eigenvalue weighted by Crippen LogP contribution is -2.50. The number of hydrogen-bond acceptors (Lipinski definition) is 6. The van der Waals surface area contributed by atoms with Crippen LogP contribution in [0.1, 0.15) is 60.6 Å². The zero-order valence-corrected chi connectivity index (χ0v) is 19.4. The quantitative estimate of drug-likeness (QED) is 0.678. The summed E-state index contributed by atoms with van der Waals surface area (Å²) < 4.78 is 14.2. The van der Waals surface area contributed by atoms with Gasteiger partial charge in [-0.3, -0.25) is 9.69 Å². The second-order valence-electron chi connectivity index (χ2n) is 9.86. The van der Waals surface area contributed by atoms with Crippen molar-refractivity contribution in [3.8, 4) is 0 Å². The first-order chi connectivity index (χ1) is 15.5. The minimum atomic E-state index is -0.175. The third kappa shape index (κ3) is 4.62. The molecule has 2 saturated carbocycles. The molecule has 1 N–H and O–H groups in total. The summed E-state index contributed by atoms with van der Waals surface area (Å²) >= 11 is 0. The summed E-state index contributed by atoms with van der Waals surface area (Å²) in [7, 11) is 0. The second kappa shape index (κ2) is 8.98. The molecule has 0 aromatic carbocycles. The van der Waals surface area contributed by atoms with Crippen molar-refractivity contribution in [2.24, 2.45) is 17.8 Å². The van der Waals surface area contributed by atoms with Crippen molar-refractivity contribution in [2.45, 2.75) is 71.7 Å². The molecule has 0 radical (unpaired) electrons. The number of hydrogen-bond donors (Lipinski definition) is 1. The molecule has 1 aliphatic heterocycles. The third-order valence-electron chi connectivity index (χ3n) is 7.37. The van der Waals surface area contributed by atoms with E-state index in [0.717, 1.165) is 51.5 Å². The average Bonchev–Trinajstić information content (AvgIpc) is 3.17. The fourth-order valence-electron chi connectivity index (χ4n) is 5.48. The standard InChI is InChI=1S/C24H35N5O3/c1-4-29-8-7-25-22(29)13-28-11-18-9-20(27-24(30)23-15(2)26-16(3)32-23)21(10-19(18)12-28)31-14-17-5-6-17/h7-8,17-21H,4-6,9-14H2,1-3H3,(H,27,30)/t18-,19+,20-,21-/m0/s1. The SMILES string of the molecule is CCn1ccnc1CN1C[C@H]2C[C@H](OCC3CC3)[C@@H](NC(=O)c3oc(C)nc3C)C[C@H]2C1. The molecule has 8 heteroatoms. The van der Waals surface area contributed by atoms with E-state index in [1.54, 1.807) is 6.92 Å². The zero-order valence-electron chi connectivity index (χ0n) is 19.4. The number of aromatic nitrogens is 3. The molecular weight excluding hydrogens is 406 g/mol. The second-order valence-corrected chi connectivity index (χ2v) is 9.86. The molecule has 3 heterocycles. The van der Waals surface area contributed by atoms with Crippen LogP contribution in [0.3, 0.4) is 0 Å². The number of ether oxygens (including phenoxy) is 1. The summed E-state index contributed by atoms with van der Waals surface area (Å²) in [6.07, 6.45) is 8.48. The zero-order chi connectivity index (χ0) is 22.2. The Hall–Kier alpha value is -2.19. The smallest absolute Gasteiger partial charge is 0.289 e. The minimum absolute atomic E-state index is 0.00452. The summed E-state index contributed by atoms with van der Waals surface area (Å²) in [5.74, 6) is 3.67. The Labute approximate surface area is 189 Å². The summed E-state index contributed by atoms with van der Waals surface area (Å²) in [5, 5.41) is 3.24. The fourth-order valence-corrected chi connectivity index (χ4v) is 5.48. The maximum atomic E-state index is 13.0. The van der Waals surface area contributed by atoms with Gasteiger partial charge in [0.1, 0.15) is 5.82 Å². The molecule has 3 fully saturated rings. The number of likely N-dealkylation sites (tertiary alicyclic amines) is 1. The predicted octanol–water partition coefficient (Wildman–Crippen LogP) is 2.94. The van der Waals surface area contributed by atoms with Crippen LogP contribution in [-0.2, 0) is 17.8 Å². The van der Waals surface area contributed by atoms with Crippen molar-refractivity contribution < 1.29 is 13.9 Å². The number of carbonyl (C=O) groups excluding carboxylic acids is 1. The molecule has 4 atom stereocenters. The number of aryl methyl sites for hydroxylation is 3. The molecule has 0 unspecified atom stereocenters. The van der Waals surface area contributed by atoms with Crippen molar-refractivity contribution >= 4 is 5.91 Å². The molecule has 0 bridgehead atoms. The van der Waals surface area contributed by atoms with Crippen LogP contribution < -0.4 is 5.32 Å². The van der Waals surface area contributed by atoms with E-state index in [9.17, 15) is 4.79 Å². The summed E-state index contributed by atoms with van der Waals surface area (Å²) in [6, 6.07) is 0.00452. The van der Waals surface area contributed by atoms with Gasteiger partial charge in [-0.25, -0.2) is 9.97 Å². The van der Waals surface area contributed by atoms with E-state index in [2.05, 4.69) is 37.9 Å². The normalized spacial score (nSPS) is 28.1. The highest BCUT2D eigenvalue weighted by Crippen LogP contribution is 2.39. The molecule has 5 rings (SSSR count). The molecule has 2 aromatic heterocycles. The highest BCUT2D eigenvalue weighted by molar-refractivity contribution is 5.92. The van der Waals surface area contributed by atoms with Crippen LogP contribution in [0.4, 0.5) is 0 Å². The summed E-state index contributed by atoms with van der Waals surface area (Å²) in [4.78, 5) is 24.3. The predicted molar refractivity (Wildman–Crippen MR) is 119 cm³/mol. The summed E-state index contributed by atoms with van der Waals surface area (Å²) in [5.41, 5.74) is 0.641. The van der Waals surface area contributed by atoms with E-state index in [0.29, 0.717) is 35.1 Å². The van der Waals surface area contributed by atoms with Crippen molar-refractivity contribution in [2.75, 3.05) is 19.7 Å². The molecule has 2 aromatic rings. The van der Waals surface area contributed by atoms with Crippen molar-refractivity contribution in [1.82, 2.24) is 24.8 Å². The number of carbonyl (C=O) groups is 1. The summed E-state index contributed by atoms with van der Waals surface area (Å²) in [6.45, 7) is 10.5. The van der Waals surface area contributed by atoms with Gasteiger partial charge in [-0.1, -0.05) is 0 Å². The minimum Gasteiger partial charge on any atom is -0.436 e. The number of oxazole rings is 1. The highest BCUT2D eigenvalue weighted by atomic mass is 16.5. The van der Waals surface area contributed by atoms with Gasteiger partial charge in [-0.05, 0) is 57.3 Å². The number of amides is 1. The first-order valence-electron chi connectivity index (χ1n) is 12.1. The van der Waals surface area contributed by atoms with E-state index < -0.39 is 0 Å². The van der Waals surface area contributed by atoms with Crippen molar-refractivity contribution in [1.29, 1.82) is 0 Å². The number of nitrogens with zero attached hydrogens (tertiary/aromatic N) is 4. The lowest BCUT2D eigenvalue weighted by atomic mass is 9.77. The maximum Gasteiger partial charge on any atom is 0.289 e. The van der Waals surface area contributed by atoms with Gasteiger partial charge >= 0.3 is 0 Å². The molecule has 8 nitrogen and oxygen atoms in total. The van der Waals surface area contributed by atoms with E-state index in [4.69, 9.17) is 9.15 Å². The van der Waals surface area contributed by atoms with Gasteiger partial charge in [0.25, 0.3) is 5.91 Å². The monoisotopic (exact) mass is 441 g/mol. The van der Waals surface area contributed by atoms with E-state index in [1.165, 1.54) is 12.8 Å². The van der Waals surface area contributed by atoms with E-state index >= 15 is 0 Å².